The Labute approximate surface area is 147 Å². The molecule has 0 spiro atoms. The lowest BCUT2D eigenvalue weighted by Gasteiger charge is -2.15. The Morgan fingerprint density at radius 1 is 1.21 bits per heavy atom. The number of rotatable bonds is 4. The predicted molar refractivity (Wildman–Crippen MR) is 98.7 cm³/mol. The van der Waals surface area contributed by atoms with E-state index in [1.807, 2.05) is 32.9 Å². The molecule has 0 fully saturated rings. The van der Waals surface area contributed by atoms with Crippen LogP contribution in [0.25, 0.3) is 0 Å². The van der Waals surface area contributed by atoms with Crippen molar-refractivity contribution >= 4 is 23.4 Å². The SMILES string of the molecule is Cc1nc2c(c(S[C@H](C)C(=O)Nc3cccc(C)c3C)n1)CCC2. The number of aromatic nitrogens is 2. The first-order valence-corrected chi connectivity index (χ1v) is 9.24. The molecule has 0 saturated heterocycles. The second-order valence-corrected chi connectivity index (χ2v) is 7.68. The van der Waals surface area contributed by atoms with Crippen molar-refractivity contribution in [2.24, 2.45) is 0 Å². The molecule has 1 aliphatic carbocycles. The first-order chi connectivity index (χ1) is 11.5. The highest BCUT2D eigenvalue weighted by atomic mass is 32.2. The van der Waals surface area contributed by atoms with Crippen LogP contribution in [0.4, 0.5) is 5.69 Å². The van der Waals surface area contributed by atoms with Crippen molar-refractivity contribution in [1.29, 1.82) is 0 Å². The summed E-state index contributed by atoms with van der Waals surface area (Å²) >= 11 is 1.54. The van der Waals surface area contributed by atoms with Gasteiger partial charge in [-0.1, -0.05) is 23.9 Å². The zero-order valence-corrected chi connectivity index (χ0v) is 15.5. The fraction of sp³-hybridized carbons (Fsp3) is 0.421. The number of fused-ring (bicyclic) bond motifs is 1. The molecule has 0 saturated carbocycles. The summed E-state index contributed by atoms with van der Waals surface area (Å²) in [5, 5.41) is 3.82. The van der Waals surface area contributed by atoms with Crippen molar-refractivity contribution in [3.8, 4) is 0 Å². The molecule has 0 bridgehead atoms. The molecular formula is C19H23N3OS. The van der Waals surface area contributed by atoms with Crippen LogP contribution in [0, 0.1) is 20.8 Å². The molecule has 1 aromatic carbocycles. The van der Waals surface area contributed by atoms with E-state index >= 15 is 0 Å². The molecule has 5 heteroatoms. The van der Waals surface area contributed by atoms with E-state index in [-0.39, 0.29) is 11.2 Å². The Hall–Kier alpha value is -1.88. The molecule has 2 aromatic rings. The Morgan fingerprint density at radius 2 is 2.00 bits per heavy atom. The molecule has 0 radical (unpaired) electrons. The zero-order valence-electron chi connectivity index (χ0n) is 14.6. The second-order valence-electron chi connectivity index (χ2n) is 6.35. The van der Waals surface area contributed by atoms with Gasteiger partial charge in [0.2, 0.25) is 5.91 Å². The number of nitrogens with zero attached hydrogens (tertiary/aromatic N) is 2. The van der Waals surface area contributed by atoms with E-state index in [1.54, 1.807) is 0 Å². The standard InChI is InChI=1S/C19H23N3OS/c1-11-7-5-9-16(12(11)2)22-18(23)13(3)24-19-15-8-6-10-17(15)20-14(4)21-19/h5,7,9,13H,6,8,10H2,1-4H3,(H,22,23)/t13-/m1/s1. The average molecular weight is 341 g/mol. The van der Waals surface area contributed by atoms with Crippen LogP contribution in [-0.2, 0) is 17.6 Å². The Balaban J connectivity index is 1.74. The number of aryl methyl sites for hydroxylation is 3. The third-order valence-electron chi connectivity index (χ3n) is 4.53. The van der Waals surface area contributed by atoms with Gasteiger partial charge in [0, 0.05) is 16.9 Å². The summed E-state index contributed by atoms with van der Waals surface area (Å²) in [6.45, 7) is 7.94. The van der Waals surface area contributed by atoms with Gasteiger partial charge < -0.3 is 5.32 Å². The van der Waals surface area contributed by atoms with Crippen LogP contribution < -0.4 is 5.32 Å². The molecule has 1 N–H and O–H groups in total. The molecule has 4 nitrogen and oxygen atoms in total. The molecule has 1 atom stereocenters. The van der Waals surface area contributed by atoms with E-state index in [4.69, 9.17) is 0 Å². The summed E-state index contributed by atoms with van der Waals surface area (Å²) in [4.78, 5) is 21.7. The minimum absolute atomic E-state index is 0.0108. The molecule has 1 aromatic heterocycles. The quantitative estimate of drug-likeness (QED) is 0.674. The van der Waals surface area contributed by atoms with Crippen molar-refractivity contribution in [3.63, 3.8) is 0 Å². The zero-order chi connectivity index (χ0) is 17.3. The second kappa shape index (κ2) is 6.93. The van der Waals surface area contributed by atoms with Crippen LogP contribution >= 0.6 is 11.8 Å². The van der Waals surface area contributed by atoms with Crippen LogP contribution in [0.1, 0.15) is 41.6 Å². The topological polar surface area (TPSA) is 54.9 Å². The molecule has 0 unspecified atom stereocenters. The third kappa shape index (κ3) is 3.46. The monoisotopic (exact) mass is 341 g/mol. The van der Waals surface area contributed by atoms with E-state index < -0.39 is 0 Å². The molecular weight excluding hydrogens is 318 g/mol. The maximum Gasteiger partial charge on any atom is 0.237 e. The summed E-state index contributed by atoms with van der Waals surface area (Å²) in [6.07, 6.45) is 3.17. The fourth-order valence-corrected chi connectivity index (χ4v) is 4.00. The number of thioether (sulfide) groups is 1. The summed E-state index contributed by atoms with van der Waals surface area (Å²) in [7, 11) is 0. The number of amides is 1. The normalized spacial score (nSPS) is 14.3. The van der Waals surface area contributed by atoms with E-state index in [0.717, 1.165) is 47.1 Å². The molecule has 3 rings (SSSR count). The highest BCUT2D eigenvalue weighted by Crippen LogP contribution is 2.32. The minimum atomic E-state index is -0.205. The maximum absolute atomic E-state index is 12.6. The van der Waals surface area contributed by atoms with Gasteiger partial charge in [-0.15, -0.1) is 0 Å². The molecule has 0 aliphatic heterocycles. The van der Waals surface area contributed by atoms with Crippen molar-refractivity contribution < 1.29 is 4.79 Å². The molecule has 24 heavy (non-hydrogen) atoms. The van der Waals surface area contributed by atoms with Crippen molar-refractivity contribution in [3.05, 3.63) is 46.4 Å². The van der Waals surface area contributed by atoms with E-state index in [0.29, 0.717) is 0 Å². The van der Waals surface area contributed by atoms with Crippen LogP contribution in [0.5, 0.6) is 0 Å². The number of hydrogen-bond acceptors (Lipinski definition) is 4. The van der Waals surface area contributed by atoms with Crippen molar-refractivity contribution in [2.45, 2.75) is 57.2 Å². The largest absolute Gasteiger partial charge is 0.325 e. The number of carbonyl (C=O) groups excluding carboxylic acids is 1. The van der Waals surface area contributed by atoms with E-state index in [1.165, 1.54) is 22.9 Å². The lowest BCUT2D eigenvalue weighted by molar-refractivity contribution is -0.115. The number of benzene rings is 1. The highest BCUT2D eigenvalue weighted by molar-refractivity contribution is 8.00. The van der Waals surface area contributed by atoms with Crippen molar-refractivity contribution in [1.82, 2.24) is 9.97 Å². The van der Waals surface area contributed by atoms with Crippen LogP contribution in [0.15, 0.2) is 23.2 Å². The van der Waals surface area contributed by atoms with Gasteiger partial charge in [0.25, 0.3) is 0 Å². The fourth-order valence-electron chi connectivity index (χ4n) is 2.96. The van der Waals surface area contributed by atoms with E-state index in [9.17, 15) is 4.79 Å². The van der Waals surface area contributed by atoms with Gasteiger partial charge >= 0.3 is 0 Å². The summed E-state index contributed by atoms with van der Waals surface area (Å²) in [6, 6.07) is 5.97. The number of nitrogens with one attached hydrogen (secondary N) is 1. The minimum Gasteiger partial charge on any atom is -0.325 e. The molecule has 126 valence electrons. The van der Waals surface area contributed by atoms with Crippen LogP contribution in [-0.4, -0.2) is 21.1 Å². The third-order valence-corrected chi connectivity index (χ3v) is 5.66. The van der Waals surface area contributed by atoms with Crippen LogP contribution in [0.2, 0.25) is 0 Å². The van der Waals surface area contributed by atoms with Crippen LogP contribution in [0.3, 0.4) is 0 Å². The lowest BCUT2D eigenvalue weighted by Crippen LogP contribution is -2.23. The smallest absolute Gasteiger partial charge is 0.237 e. The molecule has 1 aliphatic rings. The van der Waals surface area contributed by atoms with Gasteiger partial charge in [-0.2, -0.15) is 0 Å². The lowest BCUT2D eigenvalue weighted by atomic mass is 10.1. The maximum atomic E-state index is 12.6. The number of carbonyl (C=O) groups is 1. The first-order valence-electron chi connectivity index (χ1n) is 8.36. The molecule has 1 amide bonds. The van der Waals surface area contributed by atoms with Gasteiger partial charge in [-0.3, -0.25) is 4.79 Å². The average Bonchev–Trinajstić information content (AvgIpc) is 3.00. The summed E-state index contributed by atoms with van der Waals surface area (Å²) < 4.78 is 0. The van der Waals surface area contributed by atoms with Gasteiger partial charge in [-0.05, 0) is 64.2 Å². The highest BCUT2D eigenvalue weighted by Gasteiger charge is 2.23. The summed E-state index contributed by atoms with van der Waals surface area (Å²) in [5.74, 6) is 0.803. The predicted octanol–water partition coefficient (Wildman–Crippen LogP) is 4.01. The number of anilines is 1. The van der Waals surface area contributed by atoms with Crippen molar-refractivity contribution in [2.75, 3.05) is 5.32 Å². The Kier molecular flexibility index (Phi) is 4.90. The van der Waals surface area contributed by atoms with Gasteiger partial charge in [0.05, 0.1) is 5.25 Å². The van der Waals surface area contributed by atoms with Gasteiger partial charge in [0.1, 0.15) is 10.9 Å². The Bertz CT molecular complexity index is 788. The van der Waals surface area contributed by atoms with E-state index in [2.05, 4.69) is 28.3 Å². The first kappa shape index (κ1) is 17.0. The van der Waals surface area contributed by atoms with Gasteiger partial charge in [-0.25, -0.2) is 9.97 Å². The van der Waals surface area contributed by atoms with Gasteiger partial charge in [0.15, 0.2) is 0 Å². The summed E-state index contributed by atoms with van der Waals surface area (Å²) in [5.41, 5.74) is 5.57. The Morgan fingerprint density at radius 3 is 2.79 bits per heavy atom. The number of hydrogen-bond donors (Lipinski definition) is 1. The molecule has 1 heterocycles.